The van der Waals surface area contributed by atoms with Crippen molar-refractivity contribution in [3.8, 4) is 0 Å². The number of hydrogen-bond donors (Lipinski definition) is 1. The Morgan fingerprint density at radius 3 is 2.81 bits per heavy atom. The fourth-order valence-electron chi connectivity index (χ4n) is 2.15. The Morgan fingerprint density at radius 1 is 1.29 bits per heavy atom. The van der Waals surface area contributed by atoms with E-state index in [0.29, 0.717) is 10.7 Å². The number of carbonyl (C=O) groups is 1. The molecule has 0 aliphatic rings. The number of halogens is 2. The lowest BCUT2D eigenvalue weighted by molar-refractivity contribution is 0.102. The van der Waals surface area contributed by atoms with E-state index in [9.17, 15) is 4.79 Å². The minimum absolute atomic E-state index is 0.230. The predicted octanol–water partition coefficient (Wildman–Crippen LogP) is 4.08. The first kappa shape index (κ1) is 14.3. The topological polar surface area (TPSA) is 46.9 Å². The lowest BCUT2D eigenvalue weighted by atomic mass is 10.2. The Bertz CT molecular complexity index is 844. The van der Waals surface area contributed by atoms with Gasteiger partial charge in [0.15, 0.2) is 5.69 Å². The third kappa shape index (κ3) is 2.75. The monoisotopic (exact) mass is 411 g/mol. The summed E-state index contributed by atoms with van der Waals surface area (Å²) in [5.41, 5.74) is 2.06. The van der Waals surface area contributed by atoms with E-state index in [1.165, 1.54) is 0 Å². The first-order valence-corrected chi connectivity index (χ1v) is 7.70. The molecule has 0 spiro atoms. The van der Waals surface area contributed by atoms with Gasteiger partial charge in [-0.1, -0.05) is 29.8 Å². The molecule has 2 aromatic carbocycles. The molecule has 3 aromatic rings. The first-order chi connectivity index (χ1) is 10.1. The molecule has 6 heteroatoms. The number of rotatable bonds is 2. The fourth-order valence-corrected chi connectivity index (χ4v) is 3.16. The Morgan fingerprint density at radius 2 is 2.05 bits per heavy atom. The summed E-state index contributed by atoms with van der Waals surface area (Å²) >= 11 is 8.06. The van der Waals surface area contributed by atoms with Crippen LogP contribution >= 0.6 is 34.2 Å². The third-order valence-corrected chi connectivity index (χ3v) is 4.28. The van der Waals surface area contributed by atoms with Crippen LogP contribution in [0.25, 0.3) is 10.9 Å². The lowest BCUT2D eigenvalue weighted by Gasteiger charge is -2.06. The summed E-state index contributed by atoms with van der Waals surface area (Å²) in [6.45, 7) is 0. The number of benzene rings is 2. The molecular formula is C15H11ClIN3O. The van der Waals surface area contributed by atoms with Gasteiger partial charge in [0.2, 0.25) is 0 Å². The van der Waals surface area contributed by atoms with E-state index in [2.05, 4.69) is 33.0 Å². The number of hydrogen-bond acceptors (Lipinski definition) is 2. The van der Waals surface area contributed by atoms with Crippen LogP contribution in [0, 0.1) is 3.57 Å². The molecular weight excluding hydrogens is 401 g/mol. The van der Waals surface area contributed by atoms with Crippen LogP contribution in [0.4, 0.5) is 5.69 Å². The highest BCUT2D eigenvalue weighted by Gasteiger charge is 2.16. The Hall–Kier alpha value is -1.60. The van der Waals surface area contributed by atoms with Crippen LogP contribution in [0.15, 0.2) is 42.5 Å². The van der Waals surface area contributed by atoms with Crippen molar-refractivity contribution in [2.45, 2.75) is 0 Å². The highest BCUT2D eigenvalue weighted by atomic mass is 127. The van der Waals surface area contributed by atoms with Gasteiger partial charge in [0.1, 0.15) is 0 Å². The number of nitrogens with one attached hydrogen (secondary N) is 1. The van der Waals surface area contributed by atoms with Crippen LogP contribution in [0.2, 0.25) is 5.02 Å². The number of fused-ring (bicyclic) bond motifs is 1. The SMILES string of the molecule is Cn1nc(C(=O)Nc2ccc(Cl)cc2I)c2ccccc21. The van der Waals surface area contributed by atoms with E-state index >= 15 is 0 Å². The van der Waals surface area contributed by atoms with Gasteiger partial charge in [-0.15, -0.1) is 0 Å². The summed E-state index contributed by atoms with van der Waals surface area (Å²) < 4.78 is 2.59. The first-order valence-electron chi connectivity index (χ1n) is 6.24. The second-order valence-electron chi connectivity index (χ2n) is 4.57. The average molecular weight is 412 g/mol. The maximum Gasteiger partial charge on any atom is 0.276 e. The summed E-state index contributed by atoms with van der Waals surface area (Å²) in [6, 6.07) is 13.0. The van der Waals surface area contributed by atoms with Gasteiger partial charge in [0, 0.05) is 21.0 Å². The van der Waals surface area contributed by atoms with Crippen LogP contribution in [0.3, 0.4) is 0 Å². The molecule has 1 heterocycles. The van der Waals surface area contributed by atoms with Gasteiger partial charge >= 0.3 is 0 Å². The van der Waals surface area contributed by atoms with Gasteiger partial charge in [-0.05, 0) is 46.9 Å². The Labute approximate surface area is 140 Å². The largest absolute Gasteiger partial charge is 0.320 e. The third-order valence-electron chi connectivity index (χ3n) is 3.15. The Balaban J connectivity index is 1.98. The van der Waals surface area contributed by atoms with Gasteiger partial charge in [0.25, 0.3) is 5.91 Å². The van der Waals surface area contributed by atoms with Gasteiger partial charge in [-0.2, -0.15) is 5.10 Å². The molecule has 106 valence electrons. The van der Waals surface area contributed by atoms with E-state index in [1.807, 2.05) is 31.3 Å². The number of nitrogens with zero attached hydrogens (tertiary/aromatic N) is 2. The van der Waals surface area contributed by atoms with Crippen LogP contribution < -0.4 is 5.32 Å². The number of aryl methyl sites for hydroxylation is 1. The molecule has 1 aromatic heterocycles. The highest BCUT2D eigenvalue weighted by molar-refractivity contribution is 14.1. The summed E-state index contributed by atoms with van der Waals surface area (Å²) in [6.07, 6.45) is 0. The molecule has 4 nitrogen and oxygen atoms in total. The normalized spacial score (nSPS) is 10.8. The minimum atomic E-state index is -0.230. The van der Waals surface area contributed by atoms with E-state index in [4.69, 9.17) is 11.6 Å². The lowest BCUT2D eigenvalue weighted by Crippen LogP contribution is -2.14. The van der Waals surface area contributed by atoms with Gasteiger partial charge in [-0.25, -0.2) is 0 Å². The molecule has 1 N–H and O–H groups in total. The van der Waals surface area contributed by atoms with E-state index in [1.54, 1.807) is 22.9 Å². The zero-order valence-corrected chi connectivity index (χ0v) is 14.0. The summed E-state index contributed by atoms with van der Waals surface area (Å²) in [5.74, 6) is -0.230. The number of anilines is 1. The van der Waals surface area contributed by atoms with Crippen molar-refractivity contribution >= 4 is 56.7 Å². The molecule has 0 fully saturated rings. The van der Waals surface area contributed by atoms with Gasteiger partial charge in [0.05, 0.1) is 11.2 Å². The van der Waals surface area contributed by atoms with Crippen molar-refractivity contribution in [1.29, 1.82) is 0 Å². The molecule has 1 amide bonds. The standard InChI is InChI=1S/C15H11ClIN3O/c1-20-13-5-3-2-4-10(13)14(19-20)15(21)18-12-7-6-9(16)8-11(12)17/h2-8H,1H3,(H,18,21). The van der Waals surface area contributed by atoms with Gasteiger partial charge < -0.3 is 5.32 Å². The molecule has 0 unspecified atom stereocenters. The second-order valence-corrected chi connectivity index (χ2v) is 6.17. The molecule has 0 radical (unpaired) electrons. The fraction of sp³-hybridized carbons (Fsp3) is 0.0667. The van der Waals surface area contributed by atoms with Crippen molar-refractivity contribution in [3.05, 3.63) is 56.8 Å². The number of carbonyl (C=O) groups excluding carboxylic acids is 1. The van der Waals surface area contributed by atoms with Crippen LogP contribution in [-0.2, 0) is 7.05 Å². The summed E-state index contributed by atoms with van der Waals surface area (Å²) in [7, 11) is 1.82. The highest BCUT2D eigenvalue weighted by Crippen LogP contribution is 2.24. The molecule has 0 bridgehead atoms. The second kappa shape index (κ2) is 5.65. The number of amides is 1. The smallest absolute Gasteiger partial charge is 0.276 e. The molecule has 0 saturated carbocycles. The predicted molar refractivity (Wildman–Crippen MR) is 92.8 cm³/mol. The molecule has 0 saturated heterocycles. The molecule has 21 heavy (non-hydrogen) atoms. The summed E-state index contributed by atoms with van der Waals surface area (Å²) in [5, 5.41) is 8.66. The maximum atomic E-state index is 12.5. The van der Waals surface area contributed by atoms with E-state index in [-0.39, 0.29) is 5.91 Å². The molecule has 0 aliphatic heterocycles. The van der Waals surface area contributed by atoms with Crippen molar-refractivity contribution in [3.63, 3.8) is 0 Å². The number of para-hydroxylation sites is 1. The van der Waals surface area contributed by atoms with E-state index < -0.39 is 0 Å². The zero-order valence-electron chi connectivity index (χ0n) is 11.1. The number of aromatic nitrogens is 2. The summed E-state index contributed by atoms with van der Waals surface area (Å²) in [4.78, 5) is 12.5. The van der Waals surface area contributed by atoms with Crippen molar-refractivity contribution in [2.24, 2.45) is 7.05 Å². The minimum Gasteiger partial charge on any atom is -0.320 e. The average Bonchev–Trinajstić information content (AvgIpc) is 2.80. The van der Waals surface area contributed by atoms with Crippen LogP contribution in [0.5, 0.6) is 0 Å². The van der Waals surface area contributed by atoms with Crippen molar-refractivity contribution in [2.75, 3.05) is 5.32 Å². The van der Waals surface area contributed by atoms with E-state index in [0.717, 1.165) is 20.2 Å². The van der Waals surface area contributed by atoms with Crippen molar-refractivity contribution in [1.82, 2.24) is 9.78 Å². The van der Waals surface area contributed by atoms with Crippen LogP contribution in [0.1, 0.15) is 10.5 Å². The maximum absolute atomic E-state index is 12.5. The van der Waals surface area contributed by atoms with Gasteiger partial charge in [-0.3, -0.25) is 9.48 Å². The molecule has 3 rings (SSSR count). The van der Waals surface area contributed by atoms with Crippen molar-refractivity contribution < 1.29 is 4.79 Å². The Kier molecular flexibility index (Phi) is 3.86. The molecule has 0 aliphatic carbocycles. The quantitative estimate of drug-likeness (QED) is 0.646. The van der Waals surface area contributed by atoms with Crippen LogP contribution in [-0.4, -0.2) is 15.7 Å². The zero-order chi connectivity index (χ0) is 15.0. The molecule has 0 atom stereocenters.